The molecule has 0 N–H and O–H groups in total. The lowest BCUT2D eigenvalue weighted by Gasteiger charge is -2.19. The van der Waals surface area contributed by atoms with Crippen LogP contribution in [-0.2, 0) is 0 Å². The van der Waals surface area contributed by atoms with Crippen LogP contribution in [0.4, 0.5) is 17.6 Å². The van der Waals surface area contributed by atoms with Crippen molar-refractivity contribution in [3.05, 3.63) is 70.0 Å². The Balaban J connectivity index is 2.45. The smallest absolute Gasteiger partial charge is 0.399 e. The Morgan fingerprint density at radius 3 is 2.19 bits per heavy atom. The van der Waals surface area contributed by atoms with Gasteiger partial charge >= 0.3 is 6.18 Å². The monoisotopic (exact) mass is 380 g/mol. The molecule has 0 spiro atoms. The zero-order valence-corrected chi connectivity index (χ0v) is 15.4. The van der Waals surface area contributed by atoms with Gasteiger partial charge in [0.05, 0.1) is 18.6 Å². The molecule has 2 aromatic carbocycles. The Morgan fingerprint density at radius 2 is 1.70 bits per heavy atom. The van der Waals surface area contributed by atoms with Crippen molar-refractivity contribution in [2.45, 2.75) is 32.9 Å². The van der Waals surface area contributed by atoms with Crippen LogP contribution in [0.3, 0.4) is 0 Å². The van der Waals surface area contributed by atoms with Gasteiger partial charge in [-0.3, -0.25) is 4.79 Å². The van der Waals surface area contributed by atoms with Crippen LogP contribution in [0.5, 0.6) is 5.75 Å². The minimum atomic E-state index is -4.53. The predicted octanol–water partition coefficient (Wildman–Crippen LogP) is 6.01. The van der Waals surface area contributed by atoms with Gasteiger partial charge in [-0.15, -0.1) is 0 Å². The predicted molar refractivity (Wildman–Crippen MR) is 96.7 cm³/mol. The van der Waals surface area contributed by atoms with Crippen LogP contribution in [0, 0.1) is 19.7 Å². The van der Waals surface area contributed by atoms with Crippen molar-refractivity contribution in [1.82, 2.24) is 0 Å². The number of hydrogen-bond donors (Lipinski definition) is 0. The average molecular weight is 380 g/mol. The molecule has 27 heavy (non-hydrogen) atoms. The van der Waals surface area contributed by atoms with Crippen LogP contribution in [-0.4, -0.2) is 19.1 Å². The van der Waals surface area contributed by atoms with Gasteiger partial charge in [0.15, 0.2) is 5.78 Å². The summed E-state index contributed by atoms with van der Waals surface area (Å²) in [6.07, 6.45) is -2.19. The Kier molecular flexibility index (Phi) is 6.08. The molecule has 0 bridgehead atoms. The van der Waals surface area contributed by atoms with Crippen molar-refractivity contribution in [3.63, 3.8) is 0 Å². The van der Waals surface area contributed by atoms with E-state index in [0.29, 0.717) is 16.9 Å². The quantitative estimate of drug-likeness (QED) is 0.469. The highest BCUT2D eigenvalue weighted by Gasteiger charge is 2.39. The number of rotatable bonds is 5. The molecule has 0 radical (unpaired) electrons. The number of halogens is 4. The first-order chi connectivity index (χ1) is 12.5. The van der Waals surface area contributed by atoms with E-state index in [1.807, 2.05) is 0 Å². The molecule has 0 aromatic heterocycles. The maximum Gasteiger partial charge on any atom is 0.399 e. The molecular formula is C21H20F4O2. The van der Waals surface area contributed by atoms with E-state index < -0.39 is 17.9 Å². The minimum Gasteiger partial charge on any atom is -0.496 e. The number of carbonyl (C=O) groups is 1. The van der Waals surface area contributed by atoms with Crippen LogP contribution < -0.4 is 4.74 Å². The number of allylic oxidation sites excluding steroid dienone is 1. The number of carbonyl (C=O) groups excluding carboxylic acids is 1. The summed E-state index contributed by atoms with van der Waals surface area (Å²) >= 11 is 0. The van der Waals surface area contributed by atoms with Crippen LogP contribution in [0.2, 0.25) is 0 Å². The third-order valence-electron chi connectivity index (χ3n) is 4.26. The molecule has 0 aliphatic rings. The second-order valence-electron chi connectivity index (χ2n) is 6.36. The Hall–Kier alpha value is -2.63. The third-order valence-corrected chi connectivity index (χ3v) is 4.26. The SMILES string of the molecule is COc1cc(/C=C/C(c2cc(C)c(F)c(C)c2)C(F)(F)F)ccc1C(C)=O. The van der Waals surface area contributed by atoms with Gasteiger partial charge in [0.2, 0.25) is 0 Å². The molecule has 1 unspecified atom stereocenters. The van der Waals surface area contributed by atoms with E-state index in [9.17, 15) is 22.4 Å². The van der Waals surface area contributed by atoms with Crippen molar-refractivity contribution in [2.75, 3.05) is 7.11 Å². The normalized spacial score (nSPS) is 13.0. The molecule has 144 valence electrons. The topological polar surface area (TPSA) is 26.3 Å². The van der Waals surface area contributed by atoms with E-state index in [1.165, 1.54) is 58.2 Å². The van der Waals surface area contributed by atoms with Crippen LogP contribution >= 0.6 is 0 Å². The summed E-state index contributed by atoms with van der Waals surface area (Å²) in [5, 5.41) is 0. The molecule has 2 aromatic rings. The molecule has 0 heterocycles. The second-order valence-corrected chi connectivity index (χ2v) is 6.36. The highest BCUT2D eigenvalue weighted by Crippen LogP contribution is 2.38. The zero-order chi connectivity index (χ0) is 20.4. The molecule has 2 nitrogen and oxygen atoms in total. The number of ether oxygens (including phenoxy) is 1. The molecule has 0 saturated carbocycles. The van der Waals surface area contributed by atoms with Gasteiger partial charge in [0, 0.05) is 0 Å². The van der Waals surface area contributed by atoms with Crippen LogP contribution in [0.1, 0.15) is 45.5 Å². The summed E-state index contributed by atoms with van der Waals surface area (Å²) in [6, 6.07) is 6.98. The molecular weight excluding hydrogens is 360 g/mol. The van der Waals surface area contributed by atoms with Gasteiger partial charge in [-0.25, -0.2) is 4.39 Å². The zero-order valence-electron chi connectivity index (χ0n) is 15.4. The highest BCUT2D eigenvalue weighted by atomic mass is 19.4. The minimum absolute atomic E-state index is 0.0255. The van der Waals surface area contributed by atoms with E-state index in [2.05, 4.69) is 0 Å². The fraction of sp³-hybridized carbons (Fsp3) is 0.286. The van der Waals surface area contributed by atoms with Crippen molar-refractivity contribution in [3.8, 4) is 5.75 Å². The van der Waals surface area contributed by atoms with E-state index in [1.54, 1.807) is 6.07 Å². The molecule has 0 aliphatic carbocycles. The summed E-state index contributed by atoms with van der Waals surface area (Å²) in [5.41, 5.74) is 1.12. The molecule has 0 fully saturated rings. The molecule has 0 saturated heterocycles. The molecule has 0 aliphatic heterocycles. The van der Waals surface area contributed by atoms with Gasteiger partial charge in [-0.05, 0) is 55.2 Å². The summed E-state index contributed by atoms with van der Waals surface area (Å²) < 4.78 is 59.6. The number of alkyl halides is 3. The van der Waals surface area contributed by atoms with E-state index in [4.69, 9.17) is 4.74 Å². The van der Waals surface area contributed by atoms with Crippen LogP contribution in [0.15, 0.2) is 36.4 Å². The standard InChI is InChI=1S/C21H20F4O2/c1-12-9-16(10-13(2)20(12)22)18(21(23,24)25)8-6-15-5-7-17(14(3)26)19(11-15)27-4/h5-11,18H,1-4H3/b8-6+. The number of Topliss-reactive ketones (excluding diaryl/α,β-unsaturated/α-hetero) is 1. The molecule has 0 amide bonds. The number of benzene rings is 2. The maximum atomic E-state index is 13.8. The molecule has 1 atom stereocenters. The number of aryl methyl sites for hydroxylation is 2. The fourth-order valence-electron chi connectivity index (χ4n) is 2.88. The second kappa shape index (κ2) is 7.94. The van der Waals surface area contributed by atoms with Gasteiger partial charge < -0.3 is 4.74 Å². The molecule has 2 rings (SSSR count). The number of ketones is 1. The van der Waals surface area contributed by atoms with Crippen molar-refractivity contribution < 1.29 is 27.1 Å². The van der Waals surface area contributed by atoms with E-state index in [0.717, 1.165) is 6.08 Å². The first kappa shape index (κ1) is 20.7. The lowest BCUT2D eigenvalue weighted by molar-refractivity contribution is -0.139. The number of methoxy groups -OCH3 is 1. The van der Waals surface area contributed by atoms with Crippen molar-refractivity contribution >= 4 is 11.9 Å². The first-order valence-electron chi connectivity index (χ1n) is 8.25. The Morgan fingerprint density at radius 1 is 1.11 bits per heavy atom. The van der Waals surface area contributed by atoms with Gasteiger partial charge in [0.1, 0.15) is 11.6 Å². The first-order valence-corrected chi connectivity index (χ1v) is 8.25. The molecule has 6 heteroatoms. The van der Waals surface area contributed by atoms with Crippen molar-refractivity contribution in [2.24, 2.45) is 0 Å². The summed E-state index contributed by atoms with van der Waals surface area (Å²) in [4.78, 5) is 11.5. The summed E-state index contributed by atoms with van der Waals surface area (Å²) in [5.74, 6) is -2.29. The van der Waals surface area contributed by atoms with Gasteiger partial charge in [-0.2, -0.15) is 13.2 Å². The maximum absolute atomic E-state index is 13.8. The number of hydrogen-bond acceptors (Lipinski definition) is 2. The summed E-state index contributed by atoms with van der Waals surface area (Å²) in [7, 11) is 1.39. The third kappa shape index (κ3) is 4.76. The van der Waals surface area contributed by atoms with E-state index >= 15 is 0 Å². The average Bonchev–Trinajstić information content (AvgIpc) is 2.58. The van der Waals surface area contributed by atoms with Gasteiger partial charge in [-0.1, -0.05) is 30.4 Å². The highest BCUT2D eigenvalue weighted by molar-refractivity contribution is 5.97. The Bertz CT molecular complexity index is 859. The summed E-state index contributed by atoms with van der Waals surface area (Å²) in [6.45, 7) is 4.26. The fourth-order valence-corrected chi connectivity index (χ4v) is 2.88. The Labute approximate surface area is 155 Å². The van der Waals surface area contributed by atoms with Crippen LogP contribution in [0.25, 0.3) is 6.08 Å². The van der Waals surface area contributed by atoms with Gasteiger partial charge in [0.25, 0.3) is 0 Å². The van der Waals surface area contributed by atoms with Crippen molar-refractivity contribution in [1.29, 1.82) is 0 Å². The lowest BCUT2D eigenvalue weighted by atomic mass is 9.93. The largest absolute Gasteiger partial charge is 0.496 e. The van der Waals surface area contributed by atoms with E-state index in [-0.39, 0.29) is 22.5 Å². The lowest BCUT2D eigenvalue weighted by Crippen LogP contribution is -2.19.